The van der Waals surface area contributed by atoms with Crippen molar-refractivity contribution in [1.29, 1.82) is 0 Å². The van der Waals surface area contributed by atoms with Gasteiger partial charge >= 0.3 is 0 Å². The maximum atomic E-state index is 11.0. The molecule has 3 aromatic rings. The lowest BCUT2D eigenvalue weighted by Gasteiger charge is -2.36. The smallest absolute Gasteiger partial charge is 0.185 e. The largest absolute Gasteiger partial charge is 0.373 e. The summed E-state index contributed by atoms with van der Waals surface area (Å²) in [6.45, 7) is 10.8. The third-order valence-electron chi connectivity index (χ3n) is 6.54. The maximum Gasteiger partial charge on any atom is 0.185 e. The Morgan fingerprint density at radius 2 is 1.97 bits per heavy atom. The van der Waals surface area contributed by atoms with Crippen molar-refractivity contribution in [3.05, 3.63) is 47.1 Å². The minimum Gasteiger partial charge on any atom is -0.373 e. The first-order valence-electron chi connectivity index (χ1n) is 12.0. The van der Waals surface area contributed by atoms with E-state index >= 15 is 0 Å². The van der Waals surface area contributed by atoms with E-state index in [0.717, 1.165) is 61.9 Å². The zero-order valence-corrected chi connectivity index (χ0v) is 20.4. The highest BCUT2D eigenvalue weighted by atomic mass is 32.1. The number of thiazole rings is 1. The van der Waals surface area contributed by atoms with Crippen LogP contribution < -0.4 is 10.2 Å². The van der Waals surface area contributed by atoms with E-state index in [1.807, 2.05) is 6.20 Å². The van der Waals surface area contributed by atoms with E-state index in [9.17, 15) is 5.11 Å². The van der Waals surface area contributed by atoms with Crippen LogP contribution >= 0.6 is 11.3 Å². The summed E-state index contributed by atoms with van der Waals surface area (Å²) < 4.78 is 0. The molecule has 1 fully saturated rings. The molecule has 3 heterocycles. The van der Waals surface area contributed by atoms with Crippen LogP contribution in [0.25, 0.3) is 10.9 Å². The van der Waals surface area contributed by atoms with E-state index in [1.165, 1.54) is 16.5 Å². The van der Waals surface area contributed by atoms with E-state index in [4.69, 9.17) is 0 Å². The molecule has 7 heteroatoms. The minimum atomic E-state index is -0.690. The molecular weight excluding hydrogens is 418 g/mol. The number of fused-ring (bicyclic) bond motifs is 1. The van der Waals surface area contributed by atoms with Crippen LogP contribution in [-0.4, -0.2) is 58.2 Å². The second kappa shape index (κ2) is 10.8. The lowest BCUT2D eigenvalue weighted by Crippen LogP contribution is -2.48. The highest BCUT2D eigenvalue weighted by molar-refractivity contribution is 7.15. The predicted octanol–water partition coefficient (Wildman–Crippen LogP) is 4.54. The summed E-state index contributed by atoms with van der Waals surface area (Å²) in [4.78, 5) is 13.8. The first kappa shape index (κ1) is 23.2. The Balaban J connectivity index is 1.39. The van der Waals surface area contributed by atoms with Crippen molar-refractivity contribution in [3.8, 4) is 0 Å². The second-order valence-electron chi connectivity index (χ2n) is 9.13. The summed E-state index contributed by atoms with van der Waals surface area (Å²) in [6, 6.07) is 9.23. The highest BCUT2D eigenvalue weighted by Crippen LogP contribution is 2.28. The molecule has 0 saturated carbocycles. The van der Waals surface area contributed by atoms with E-state index in [0.29, 0.717) is 6.04 Å². The number of aromatic amines is 1. The number of para-hydroxylation sites is 1. The Labute approximate surface area is 195 Å². The van der Waals surface area contributed by atoms with Gasteiger partial charge in [0, 0.05) is 61.6 Å². The van der Waals surface area contributed by atoms with Gasteiger partial charge in [-0.25, -0.2) is 4.98 Å². The quantitative estimate of drug-likeness (QED) is 0.392. The van der Waals surface area contributed by atoms with Crippen LogP contribution in [0, 0.1) is 0 Å². The molecule has 0 amide bonds. The number of hydrogen-bond donors (Lipinski definition) is 3. The molecule has 32 heavy (non-hydrogen) atoms. The monoisotopic (exact) mass is 455 g/mol. The van der Waals surface area contributed by atoms with Gasteiger partial charge in [0.05, 0.1) is 4.88 Å². The SMILES string of the molecule is CCCCC(Cc1c[nH]c2ccccc12)NC(O)c1cnc(N2CCN(C(C)C)CC2)s1. The molecule has 0 bridgehead atoms. The Morgan fingerprint density at radius 3 is 2.72 bits per heavy atom. The van der Waals surface area contributed by atoms with Crippen LogP contribution in [0.2, 0.25) is 0 Å². The number of H-pyrrole nitrogens is 1. The van der Waals surface area contributed by atoms with Crippen LogP contribution in [0.4, 0.5) is 5.13 Å². The summed E-state index contributed by atoms with van der Waals surface area (Å²) in [7, 11) is 0. The van der Waals surface area contributed by atoms with Crippen LogP contribution in [0.5, 0.6) is 0 Å². The van der Waals surface area contributed by atoms with E-state index in [-0.39, 0.29) is 6.04 Å². The molecular formula is C25H37N5OS. The molecule has 2 aromatic heterocycles. The van der Waals surface area contributed by atoms with Gasteiger partial charge in [-0.1, -0.05) is 49.3 Å². The first-order chi connectivity index (χ1) is 15.5. The molecule has 4 rings (SSSR count). The highest BCUT2D eigenvalue weighted by Gasteiger charge is 2.23. The fraction of sp³-hybridized carbons (Fsp3) is 0.560. The van der Waals surface area contributed by atoms with Gasteiger partial charge < -0.3 is 15.0 Å². The maximum absolute atomic E-state index is 11.0. The van der Waals surface area contributed by atoms with Gasteiger partial charge in [0.1, 0.15) is 6.23 Å². The third-order valence-corrected chi connectivity index (χ3v) is 7.65. The second-order valence-corrected chi connectivity index (χ2v) is 10.2. The van der Waals surface area contributed by atoms with E-state index in [2.05, 4.69) is 76.3 Å². The van der Waals surface area contributed by atoms with Gasteiger partial charge in [0.2, 0.25) is 0 Å². The van der Waals surface area contributed by atoms with Gasteiger partial charge in [0.15, 0.2) is 5.13 Å². The number of rotatable bonds is 10. The molecule has 0 aliphatic carbocycles. The molecule has 3 N–H and O–H groups in total. The van der Waals surface area contributed by atoms with Crippen LogP contribution in [0.1, 0.15) is 56.7 Å². The number of aromatic nitrogens is 2. The lowest BCUT2D eigenvalue weighted by molar-refractivity contribution is 0.123. The minimum absolute atomic E-state index is 0.212. The molecule has 0 spiro atoms. The molecule has 1 aromatic carbocycles. The average Bonchev–Trinajstić information content (AvgIpc) is 3.45. The molecule has 1 aliphatic heterocycles. The zero-order valence-electron chi connectivity index (χ0n) is 19.6. The van der Waals surface area contributed by atoms with Crippen LogP contribution in [0.3, 0.4) is 0 Å². The summed E-state index contributed by atoms with van der Waals surface area (Å²) in [6.07, 6.45) is 7.48. The van der Waals surface area contributed by atoms with Gasteiger partial charge in [-0.05, 0) is 38.3 Å². The topological polar surface area (TPSA) is 67.4 Å². The van der Waals surface area contributed by atoms with Gasteiger partial charge in [-0.3, -0.25) is 10.2 Å². The first-order valence-corrected chi connectivity index (χ1v) is 12.8. The van der Waals surface area contributed by atoms with Crippen molar-refractivity contribution >= 4 is 27.4 Å². The number of benzene rings is 1. The number of aliphatic hydroxyl groups is 1. The van der Waals surface area contributed by atoms with Crippen molar-refractivity contribution in [3.63, 3.8) is 0 Å². The number of nitrogens with one attached hydrogen (secondary N) is 2. The standard InChI is InChI=1S/C25H37N5OS/c1-4-5-8-20(15-19-16-26-22-10-7-6-9-21(19)22)28-24(31)23-17-27-25(32-23)30-13-11-29(12-14-30)18(2)3/h6-7,9-10,16-18,20,24,26,28,31H,4-5,8,11-15H2,1-3H3. The number of unbranched alkanes of at least 4 members (excludes halogenated alkanes) is 1. The predicted molar refractivity (Wildman–Crippen MR) is 134 cm³/mol. The Hall–Kier alpha value is -1.93. The van der Waals surface area contributed by atoms with Crippen molar-refractivity contribution in [1.82, 2.24) is 20.2 Å². The molecule has 1 aliphatic rings. The Morgan fingerprint density at radius 1 is 1.19 bits per heavy atom. The average molecular weight is 456 g/mol. The molecule has 174 valence electrons. The molecule has 2 atom stereocenters. The van der Waals surface area contributed by atoms with Crippen molar-refractivity contribution in [2.24, 2.45) is 0 Å². The van der Waals surface area contributed by atoms with Crippen LogP contribution in [-0.2, 0) is 6.42 Å². The summed E-state index contributed by atoms with van der Waals surface area (Å²) in [5.41, 5.74) is 2.47. The Kier molecular flexibility index (Phi) is 7.84. The van der Waals surface area contributed by atoms with Crippen molar-refractivity contribution in [2.45, 2.75) is 64.8 Å². The number of nitrogens with zero attached hydrogens (tertiary/aromatic N) is 3. The number of hydrogen-bond acceptors (Lipinski definition) is 6. The summed E-state index contributed by atoms with van der Waals surface area (Å²) in [5.74, 6) is 0. The van der Waals surface area contributed by atoms with Gasteiger partial charge in [0.25, 0.3) is 0 Å². The zero-order chi connectivity index (χ0) is 22.5. The number of piperazine rings is 1. The summed E-state index contributed by atoms with van der Waals surface area (Å²) in [5, 5.41) is 16.8. The fourth-order valence-electron chi connectivity index (χ4n) is 4.55. The fourth-order valence-corrected chi connectivity index (χ4v) is 5.46. The third kappa shape index (κ3) is 5.52. The van der Waals surface area contributed by atoms with E-state index in [1.54, 1.807) is 11.3 Å². The summed E-state index contributed by atoms with van der Waals surface area (Å²) >= 11 is 1.61. The normalized spacial score (nSPS) is 17.3. The number of aliphatic hydroxyl groups excluding tert-OH is 1. The Bertz CT molecular complexity index is 976. The van der Waals surface area contributed by atoms with Crippen molar-refractivity contribution in [2.75, 3.05) is 31.1 Å². The van der Waals surface area contributed by atoms with Gasteiger partial charge in [-0.15, -0.1) is 0 Å². The van der Waals surface area contributed by atoms with Gasteiger partial charge in [-0.2, -0.15) is 0 Å². The van der Waals surface area contributed by atoms with Crippen LogP contribution in [0.15, 0.2) is 36.7 Å². The lowest BCUT2D eigenvalue weighted by atomic mass is 10.0. The van der Waals surface area contributed by atoms with E-state index < -0.39 is 6.23 Å². The molecule has 1 saturated heterocycles. The molecule has 0 radical (unpaired) electrons. The molecule has 2 unspecified atom stereocenters. The molecule has 6 nitrogen and oxygen atoms in total. The number of anilines is 1. The van der Waals surface area contributed by atoms with Crippen molar-refractivity contribution < 1.29 is 5.11 Å².